The van der Waals surface area contributed by atoms with Crippen LogP contribution in [0.25, 0.3) is 17.2 Å². The van der Waals surface area contributed by atoms with Gasteiger partial charge in [0.05, 0.1) is 0 Å². The lowest BCUT2D eigenvalue weighted by Crippen LogP contribution is -2.05. The molecule has 0 bridgehead atoms. The SMILES string of the molecule is NC(=O)/C=C\c1cccc(-c2ccccc2F)c1. The van der Waals surface area contributed by atoms with Crippen molar-refractivity contribution in [2.75, 3.05) is 0 Å². The molecule has 0 aliphatic rings. The van der Waals surface area contributed by atoms with Crippen molar-refractivity contribution in [3.63, 3.8) is 0 Å². The zero-order valence-electron chi connectivity index (χ0n) is 9.64. The van der Waals surface area contributed by atoms with Crippen molar-refractivity contribution in [2.45, 2.75) is 0 Å². The van der Waals surface area contributed by atoms with Crippen LogP contribution in [0.3, 0.4) is 0 Å². The maximum Gasteiger partial charge on any atom is 0.241 e. The van der Waals surface area contributed by atoms with Gasteiger partial charge < -0.3 is 5.73 Å². The number of carbonyl (C=O) groups excluding carboxylic acids is 1. The summed E-state index contributed by atoms with van der Waals surface area (Å²) in [5, 5.41) is 0. The molecule has 3 heteroatoms. The summed E-state index contributed by atoms with van der Waals surface area (Å²) in [5.74, 6) is -0.778. The molecule has 0 aliphatic carbocycles. The number of carbonyl (C=O) groups is 1. The van der Waals surface area contributed by atoms with Crippen LogP contribution in [0, 0.1) is 5.82 Å². The van der Waals surface area contributed by atoms with Crippen LogP contribution in [0.2, 0.25) is 0 Å². The Morgan fingerprint density at radius 1 is 1.11 bits per heavy atom. The number of hydrogen-bond donors (Lipinski definition) is 1. The highest BCUT2D eigenvalue weighted by Crippen LogP contribution is 2.23. The Hall–Kier alpha value is -2.42. The van der Waals surface area contributed by atoms with Crippen LogP contribution in [-0.4, -0.2) is 5.91 Å². The molecular formula is C15H12FNO. The van der Waals surface area contributed by atoms with Gasteiger partial charge in [-0.25, -0.2) is 4.39 Å². The van der Waals surface area contributed by atoms with Gasteiger partial charge in [-0.05, 0) is 29.3 Å². The standard InChI is InChI=1S/C15H12FNO/c16-14-7-2-1-6-13(14)12-5-3-4-11(10-12)8-9-15(17)18/h1-10H,(H2,17,18)/b9-8-. The molecule has 2 rings (SSSR count). The Kier molecular flexibility index (Phi) is 3.53. The molecule has 0 saturated heterocycles. The molecule has 0 unspecified atom stereocenters. The fourth-order valence-electron chi connectivity index (χ4n) is 1.68. The summed E-state index contributed by atoms with van der Waals surface area (Å²) < 4.78 is 13.6. The van der Waals surface area contributed by atoms with Crippen molar-refractivity contribution in [1.29, 1.82) is 0 Å². The third-order valence-corrected chi connectivity index (χ3v) is 2.51. The van der Waals surface area contributed by atoms with Crippen LogP contribution in [-0.2, 0) is 4.79 Å². The first-order valence-corrected chi connectivity index (χ1v) is 5.49. The third kappa shape index (κ3) is 2.83. The average molecular weight is 241 g/mol. The third-order valence-electron chi connectivity index (χ3n) is 2.51. The maximum absolute atomic E-state index is 13.6. The summed E-state index contributed by atoms with van der Waals surface area (Å²) in [5.41, 5.74) is 7.13. The fourth-order valence-corrected chi connectivity index (χ4v) is 1.68. The molecule has 0 heterocycles. The number of nitrogens with two attached hydrogens (primary N) is 1. The van der Waals surface area contributed by atoms with Gasteiger partial charge in [-0.3, -0.25) is 4.79 Å². The van der Waals surface area contributed by atoms with E-state index in [-0.39, 0.29) is 5.82 Å². The summed E-state index contributed by atoms with van der Waals surface area (Å²) in [6.45, 7) is 0. The molecule has 0 spiro atoms. The molecule has 0 saturated carbocycles. The van der Waals surface area contributed by atoms with E-state index in [0.29, 0.717) is 5.56 Å². The van der Waals surface area contributed by atoms with E-state index in [9.17, 15) is 9.18 Å². The van der Waals surface area contributed by atoms with Crippen LogP contribution in [0.4, 0.5) is 4.39 Å². The first kappa shape index (κ1) is 12.0. The van der Waals surface area contributed by atoms with Crippen LogP contribution < -0.4 is 5.73 Å². The van der Waals surface area contributed by atoms with Crippen molar-refractivity contribution < 1.29 is 9.18 Å². The van der Waals surface area contributed by atoms with Crippen molar-refractivity contribution in [3.8, 4) is 11.1 Å². The lowest BCUT2D eigenvalue weighted by Gasteiger charge is -2.04. The second-order valence-corrected chi connectivity index (χ2v) is 3.84. The van der Waals surface area contributed by atoms with E-state index in [0.717, 1.165) is 11.1 Å². The minimum Gasteiger partial charge on any atom is -0.366 e. The summed E-state index contributed by atoms with van der Waals surface area (Å²) in [7, 11) is 0. The first-order valence-electron chi connectivity index (χ1n) is 5.49. The van der Waals surface area contributed by atoms with E-state index in [1.807, 2.05) is 18.2 Å². The topological polar surface area (TPSA) is 43.1 Å². The molecule has 0 fully saturated rings. The Morgan fingerprint density at radius 2 is 1.89 bits per heavy atom. The molecule has 0 aromatic heterocycles. The second-order valence-electron chi connectivity index (χ2n) is 3.84. The van der Waals surface area contributed by atoms with E-state index < -0.39 is 5.91 Å². The summed E-state index contributed by atoms with van der Waals surface area (Å²) in [4.78, 5) is 10.7. The summed E-state index contributed by atoms with van der Waals surface area (Å²) >= 11 is 0. The molecule has 2 nitrogen and oxygen atoms in total. The van der Waals surface area contributed by atoms with E-state index in [4.69, 9.17) is 5.73 Å². The summed E-state index contributed by atoms with van der Waals surface area (Å²) in [6.07, 6.45) is 2.88. The molecule has 0 atom stereocenters. The molecule has 90 valence electrons. The van der Waals surface area contributed by atoms with Gasteiger partial charge in [0, 0.05) is 11.6 Å². The second kappa shape index (κ2) is 5.27. The van der Waals surface area contributed by atoms with Crippen molar-refractivity contribution in [2.24, 2.45) is 5.73 Å². The first-order chi connectivity index (χ1) is 8.66. The van der Waals surface area contributed by atoms with Crippen LogP contribution >= 0.6 is 0 Å². The van der Waals surface area contributed by atoms with Crippen LogP contribution in [0.15, 0.2) is 54.6 Å². The van der Waals surface area contributed by atoms with Gasteiger partial charge in [-0.2, -0.15) is 0 Å². The number of amides is 1. The Bertz CT molecular complexity index is 605. The minimum absolute atomic E-state index is 0.270. The molecule has 2 aromatic carbocycles. The highest BCUT2D eigenvalue weighted by atomic mass is 19.1. The number of primary amides is 1. The largest absolute Gasteiger partial charge is 0.366 e. The lowest BCUT2D eigenvalue weighted by molar-refractivity contribution is -0.113. The van der Waals surface area contributed by atoms with Gasteiger partial charge >= 0.3 is 0 Å². The Morgan fingerprint density at radius 3 is 2.61 bits per heavy atom. The van der Waals surface area contributed by atoms with Crippen molar-refractivity contribution >= 4 is 12.0 Å². The normalized spacial score (nSPS) is 10.7. The molecule has 18 heavy (non-hydrogen) atoms. The fraction of sp³-hybridized carbons (Fsp3) is 0. The number of benzene rings is 2. The van der Waals surface area contributed by atoms with Crippen molar-refractivity contribution in [1.82, 2.24) is 0 Å². The highest BCUT2D eigenvalue weighted by molar-refractivity contribution is 5.90. The minimum atomic E-state index is -0.508. The van der Waals surface area contributed by atoms with E-state index in [2.05, 4.69) is 0 Å². The van der Waals surface area contributed by atoms with Gasteiger partial charge in [0.1, 0.15) is 5.82 Å². The molecule has 2 aromatic rings. The lowest BCUT2D eigenvalue weighted by atomic mass is 10.0. The van der Waals surface area contributed by atoms with Crippen LogP contribution in [0.5, 0.6) is 0 Å². The van der Waals surface area contributed by atoms with Crippen LogP contribution in [0.1, 0.15) is 5.56 Å². The van der Waals surface area contributed by atoms with E-state index >= 15 is 0 Å². The number of hydrogen-bond acceptors (Lipinski definition) is 1. The predicted octanol–water partition coefficient (Wildman–Crippen LogP) is 2.99. The Labute approximate surface area is 105 Å². The van der Waals surface area contributed by atoms with Gasteiger partial charge in [0.25, 0.3) is 0 Å². The predicted molar refractivity (Wildman–Crippen MR) is 70.1 cm³/mol. The zero-order chi connectivity index (χ0) is 13.0. The number of halogens is 1. The summed E-state index contributed by atoms with van der Waals surface area (Å²) in [6, 6.07) is 13.8. The smallest absolute Gasteiger partial charge is 0.241 e. The van der Waals surface area contributed by atoms with Gasteiger partial charge in [-0.15, -0.1) is 0 Å². The van der Waals surface area contributed by atoms with Gasteiger partial charge in [-0.1, -0.05) is 36.4 Å². The number of rotatable bonds is 3. The molecule has 2 N–H and O–H groups in total. The van der Waals surface area contributed by atoms with E-state index in [1.165, 1.54) is 12.1 Å². The Balaban J connectivity index is 2.39. The molecule has 0 radical (unpaired) electrons. The molecule has 0 aliphatic heterocycles. The molecule has 1 amide bonds. The van der Waals surface area contributed by atoms with E-state index in [1.54, 1.807) is 30.3 Å². The van der Waals surface area contributed by atoms with Gasteiger partial charge in [0.15, 0.2) is 0 Å². The average Bonchev–Trinajstić information content (AvgIpc) is 2.37. The monoisotopic (exact) mass is 241 g/mol. The molecular weight excluding hydrogens is 229 g/mol. The zero-order valence-corrected chi connectivity index (χ0v) is 9.64. The van der Waals surface area contributed by atoms with Gasteiger partial charge in [0.2, 0.25) is 5.91 Å². The highest BCUT2D eigenvalue weighted by Gasteiger charge is 2.03. The van der Waals surface area contributed by atoms with Crippen molar-refractivity contribution in [3.05, 3.63) is 66.0 Å². The maximum atomic E-state index is 13.6. The quantitative estimate of drug-likeness (QED) is 0.825.